The Morgan fingerprint density at radius 3 is 2.87 bits per heavy atom. The summed E-state index contributed by atoms with van der Waals surface area (Å²) in [5.74, 6) is -0.142. The standard InChI is InChI=1S/C21H17ClN6OS/c1-11-3-6-17(14(22)9-11)28-19-13(18(27-28)16-10-23-7-8-24-16)4-5-15-20(19)30-21(26-15)25-12(2)29/h3,6-10H,4-5H2,1-2H3,(H,25,26,29). The third-order valence-corrected chi connectivity index (χ3v) is 6.25. The maximum atomic E-state index is 11.5. The number of halogens is 1. The van der Waals surface area contributed by atoms with Crippen molar-refractivity contribution in [3.63, 3.8) is 0 Å². The van der Waals surface area contributed by atoms with Crippen molar-refractivity contribution in [2.75, 3.05) is 5.32 Å². The first kappa shape index (κ1) is 18.9. The molecule has 5 rings (SSSR count). The molecule has 0 fully saturated rings. The summed E-state index contributed by atoms with van der Waals surface area (Å²) in [5.41, 5.74) is 6.34. The number of fused-ring (bicyclic) bond motifs is 3. The average Bonchev–Trinajstić information content (AvgIpc) is 3.29. The van der Waals surface area contributed by atoms with Crippen LogP contribution in [0.15, 0.2) is 36.8 Å². The molecule has 1 aromatic carbocycles. The lowest BCUT2D eigenvalue weighted by atomic mass is 9.96. The first-order chi connectivity index (χ1) is 14.5. The third-order valence-electron chi connectivity index (χ3n) is 4.93. The highest BCUT2D eigenvalue weighted by Gasteiger charge is 2.30. The Labute approximate surface area is 181 Å². The van der Waals surface area contributed by atoms with E-state index >= 15 is 0 Å². The molecule has 0 radical (unpaired) electrons. The summed E-state index contributed by atoms with van der Waals surface area (Å²) in [6, 6.07) is 5.90. The second-order valence-electron chi connectivity index (χ2n) is 7.11. The number of nitrogens with zero attached hydrogens (tertiary/aromatic N) is 5. The predicted molar refractivity (Wildman–Crippen MR) is 117 cm³/mol. The van der Waals surface area contributed by atoms with Crippen LogP contribution in [-0.4, -0.2) is 30.6 Å². The van der Waals surface area contributed by atoms with Gasteiger partial charge in [0, 0.05) is 24.9 Å². The van der Waals surface area contributed by atoms with Gasteiger partial charge in [-0.3, -0.25) is 14.8 Å². The molecular weight excluding hydrogens is 420 g/mol. The number of amides is 1. The highest BCUT2D eigenvalue weighted by molar-refractivity contribution is 7.19. The molecule has 0 atom stereocenters. The Balaban J connectivity index is 1.77. The van der Waals surface area contributed by atoms with Gasteiger partial charge in [0.2, 0.25) is 5.91 Å². The molecule has 0 unspecified atom stereocenters. The number of rotatable bonds is 3. The number of carbonyl (C=O) groups is 1. The van der Waals surface area contributed by atoms with Crippen LogP contribution in [0.5, 0.6) is 0 Å². The minimum atomic E-state index is -0.142. The molecule has 1 amide bonds. The Morgan fingerprint density at radius 2 is 2.13 bits per heavy atom. The monoisotopic (exact) mass is 436 g/mol. The van der Waals surface area contributed by atoms with E-state index in [1.807, 2.05) is 29.8 Å². The number of aryl methyl sites for hydroxylation is 2. The van der Waals surface area contributed by atoms with Crippen molar-refractivity contribution in [2.24, 2.45) is 0 Å². The van der Waals surface area contributed by atoms with E-state index in [-0.39, 0.29) is 5.91 Å². The van der Waals surface area contributed by atoms with Gasteiger partial charge in [0.25, 0.3) is 0 Å². The zero-order chi connectivity index (χ0) is 20.8. The molecule has 0 aliphatic heterocycles. The Kier molecular flexibility index (Phi) is 4.60. The second kappa shape index (κ2) is 7.30. The van der Waals surface area contributed by atoms with E-state index in [1.54, 1.807) is 18.6 Å². The van der Waals surface area contributed by atoms with Crippen molar-refractivity contribution in [3.05, 3.63) is 58.6 Å². The predicted octanol–water partition coefficient (Wildman–Crippen LogP) is 4.47. The SMILES string of the molecule is CC(=O)Nc1nc2c(s1)-c1c(c(-c3cnccn3)nn1-c1ccc(C)cc1Cl)CC2. The normalized spacial score (nSPS) is 12.4. The van der Waals surface area contributed by atoms with Crippen LogP contribution < -0.4 is 5.32 Å². The molecule has 3 heterocycles. The summed E-state index contributed by atoms with van der Waals surface area (Å²) in [7, 11) is 0. The number of nitrogens with one attached hydrogen (secondary N) is 1. The minimum Gasteiger partial charge on any atom is -0.302 e. The van der Waals surface area contributed by atoms with Gasteiger partial charge in [-0.25, -0.2) is 9.67 Å². The molecule has 1 aliphatic carbocycles. The van der Waals surface area contributed by atoms with Crippen molar-refractivity contribution >= 4 is 34.0 Å². The summed E-state index contributed by atoms with van der Waals surface area (Å²) in [5, 5.41) is 8.92. The van der Waals surface area contributed by atoms with Gasteiger partial charge in [0.05, 0.1) is 33.2 Å². The molecule has 30 heavy (non-hydrogen) atoms. The molecule has 0 saturated carbocycles. The molecule has 1 N–H and O–H groups in total. The number of aromatic nitrogens is 5. The van der Waals surface area contributed by atoms with Gasteiger partial charge in [0.15, 0.2) is 5.13 Å². The van der Waals surface area contributed by atoms with Crippen molar-refractivity contribution in [3.8, 4) is 27.6 Å². The zero-order valence-electron chi connectivity index (χ0n) is 16.3. The van der Waals surface area contributed by atoms with Crippen LogP contribution in [0.4, 0.5) is 5.13 Å². The van der Waals surface area contributed by atoms with Gasteiger partial charge in [0.1, 0.15) is 11.4 Å². The maximum absolute atomic E-state index is 11.5. The van der Waals surface area contributed by atoms with Crippen molar-refractivity contribution in [1.29, 1.82) is 0 Å². The Morgan fingerprint density at radius 1 is 1.27 bits per heavy atom. The van der Waals surface area contributed by atoms with E-state index < -0.39 is 0 Å². The number of hydrogen-bond donors (Lipinski definition) is 1. The quantitative estimate of drug-likeness (QED) is 0.512. The van der Waals surface area contributed by atoms with Gasteiger partial charge in [-0.1, -0.05) is 29.0 Å². The molecule has 0 bridgehead atoms. The Bertz CT molecular complexity index is 1280. The highest BCUT2D eigenvalue weighted by atomic mass is 35.5. The summed E-state index contributed by atoms with van der Waals surface area (Å²) in [4.78, 5) is 25.8. The number of carbonyl (C=O) groups excluding carboxylic acids is 1. The molecule has 1 aliphatic rings. The molecule has 3 aromatic heterocycles. The van der Waals surface area contributed by atoms with E-state index in [9.17, 15) is 4.79 Å². The Hall–Kier alpha value is -3.10. The van der Waals surface area contributed by atoms with Crippen LogP contribution in [0.1, 0.15) is 23.7 Å². The summed E-state index contributed by atoms with van der Waals surface area (Å²) >= 11 is 8.05. The van der Waals surface area contributed by atoms with Gasteiger partial charge < -0.3 is 5.32 Å². The van der Waals surface area contributed by atoms with Gasteiger partial charge >= 0.3 is 0 Å². The molecular formula is C21H17ClN6OS. The second-order valence-corrected chi connectivity index (χ2v) is 8.52. The molecule has 0 spiro atoms. The van der Waals surface area contributed by atoms with E-state index in [0.29, 0.717) is 15.8 Å². The smallest absolute Gasteiger partial charge is 0.223 e. The maximum Gasteiger partial charge on any atom is 0.223 e. The zero-order valence-corrected chi connectivity index (χ0v) is 17.9. The number of anilines is 1. The first-order valence-corrected chi connectivity index (χ1v) is 10.6. The van der Waals surface area contributed by atoms with E-state index in [2.05, 4.69) is 20.3 Å². The first-order valence-electron chi connectivity index (χ1n) is 9.43. The molecule has 9 heteroatoms. The van der Waals surface area contributed by atoms with Crippen molar-refractivity contribution in [2.45, 2.75) is 26.7 Å². The highest BCUT2D eigenvalue weighted by Crippen LogP contribution is 2.44. The molecule has 150 valence electrons. The van der Waals surface area contributed by atoms with Crippen LogP contribution in [0, 0.1) is 6.92 Å². The molecule has 7 nitrogen and oxygen atoms in total. The number of benzene rings is 1. The lowest BCUT2D eigenvalue weighted by molar-refractivity contribution is -0.114. The number of hydrogen-bond acceptors (Lipinski definition) is 6. The lowest BCUT2D eigenvalue weighted by Crippen LogP contribution is -2.07. The van der Waals surface area contributed by atoms with Crippen LogP contribution in [0.3, 0.4) is 0 Å². The van der Waals surface area contributed by atoms with Crippen LogP contribution in [0.2, 0.25) is 5.02 Å². The van der Waals surface area contributed by atoms with E-state index in [4.69, 9.17) is 16.7 Å². The van der Waals surface area contributed by atoms with Gasteiger partial charge in [-0.15, -0.1) is 0 Å². The van der Waals surface area contributed by atoms with Crippen LogP contribution >= 0.6 is 22.9 Å². The molecule has 0 saturated heterocycles. The average molecular weight is 437 g/mol. The van der Waals surface area contributed by atoms with Gasteiger partial charge in [-0.05, 0) is 37.5 Å². The van der Waals surface area contributed by atoms with Crippen LogP contribution in [0.25, 0.3) is 27.6 Å². The fraction of sp³-hybridized carbons (Fsp3) is 0.190. The van der Waals surface area contributed by atoms with Crippen LogP contribution in [-0.2, 0) is 17.6 Å². The van der Waals surface area contributed by atoms with Crippen molar-refractivity contribution < 1.29 is 4.79 Å². The topological polar surface area (TPSA) is 85.6 Å². The molecule has 4 aromatic rings. The lowest BCUT2D eigenvalue weighted by Gasteiger charge is -2.15. The van der Waals surface area contributed by atoms with E-state index in [0.717, 1.165) is 51.6 Å². The minimum absolute atomic E-state index is 0.142. The van der Waals surface area contributed by atoms with Crippen molar-refractivity contribution in [1.82, 2.24) is 24.7 Å². The van der Waals surface area contributed by atoms with E-state index in [1.165, 1.54) is 18.3 Å². The summed E-state index contributed by atoms with van der Waals surface area (Å²) in [6.07, 6.45) is 6.55. The third kappa shape index (κ3) is 3.18. The summed E-state index contributed by atoms with van der Waals surface area (Å²) < 4.78 is 1.87. The fourth-order valence-corrected chi connectivity index (χ4v) is 5.09. The summed E-state index contributed by atoms with van der Waals surface area (Å²) in [6.45, 7) is 3.48. The largest absolute Gasteiger partial charge is 0.302 e. The fourth-order valence-electron chi connectivity index (χ4n) is 3.66. The van der Waals surface area contributed by atoms with Gasteiger partial charge in [-0.2, -0.15) is 5.10 Å². The number of thiazole rings is 1.